The summed E-state index contributed by atoms with van der Waals surface area (Å²) in [6, 6.07) is 17.6. The zero-order valence-corrected chi connectivity index (χ0v) is 17.4. The minimum atomic E-state index is -3.35. The third kappa shape index (κ3) is 5.15. The molecule has 5 heteroatoms. The van der Waals surface area contributed by atoms with Gasteiger partial charge in [-0.1, -0.05) is 55.3 Å². The minimum Gasteiger partial charge on any atom is -0.388 e. The van der Waals surface area contributed by atoms with Gasteiger partial charge in [0.1, 0.15) is 0 Å². The van der Waals surface area contributed by atoms with Crippen molar-refractivity contribution >= 4 is 15.7 Å². The van der Waals surface area contributed by atoms with E-state index in [-0.39, 0.29) is 5.75 Å². The van der Waals surface area contributed by atoms with Crippen LogP contribution in [0.25, 0.3) is 0 Å². The summed E-state index contributed by atoms with van der Waals surface area (Å²) in [5.74, 6) is 0.400. The van der Waals surface area contributed by atoms with Crippen LogP contribution in [-0.2, 0) is 16.4 Å². The summed E-state index contributed by atoms with van der Waals surface area (Å²) >= 11 is 0. The van der Waals surface area contributed by atoms with Crippen molar-refractivity contribution in [2.45, 2.75) is 51.6 Å². The van der Waals surface area contributed by atoms with Crippen molar-refractivity contribution < 1.29 is 13.5 Å². The third-order valence-electron chi connectivity index (χ3n) is 5.74. The van der Waals surface area contributed by atoms with Crippen LogP contribution >= 0.6 is 0 Å². The molecular formula is C23H31NO3S. The van der Waals surface area contributed by atoms with E-state index in [1.807, 2.05) is 42.5 Å². The molecular weight excluding hydrogens is 370 g/mol. The Morgan fingerprint density at radius 1 is 1.04 bits per heavy atom. The van der Waals surface area contributed by atoms with E-state index in [9.17, 15) is 13.5 Å². The highest BCUT2D eigenvalue weighted by Crippen LogP contribution is 2.36. The van der Waals surface area contributed by atoms with E-state index in [0.717, 1.165) is 31.2 Å². The molecule has 0 amide bonds. The normalized spacial score (nSPS) is 16.2. The van der Waals surface area contributed by atoms with Gasteiger partial charge in [-0.05, 0) is 61.8 Å². The lowest BCUT2D eigenvalue weighted by Crippen LogP contribution is -2.33. The van der Waals surface area contributed by atoms with Gasteiger partial charge < -0.3 is 5.11 Å². The van der Waals surface area contributed by atoms with Gasteiger partial charge in [0.25, 0.3) is 0 Å². The molecule has 0 saturated heterocycles. The fourth-order valence-corrected chi connectivity index (χ4v) is 5.20. The van der Waals surface area contributed by atoms with Crippen LogP contribution in [0.1, 0.15) is 56.3 Å². The summed E-state index contributed by atoms with van der Waals surface area (Å²) in [6.07, 6.45) is 5.65. The number of hydrogen-bond donors (Lipinski definition) is 1. The van der Waals surface area contributed by atoms with Gasteiger partial charge in [0.2, 0.25) is 10.0 Å². The number of benzene rings is 2. The molecule has 1 aliphatic carbocycles. The van der Waals surface area contributed by atoms with Gasteiger partial charge in [-0.3, -0.25) is 4.31 Å². The maximum Gasteiger partial charge on any atom is 0.234 e. The van der Waals surface area contributed by atoms with E-state index < -0.39 is 16.1 Å². The van der Waals surface area contributed by atoms with Gasteiger partial charge in [-0.25, -0.2) is 8.42 Å². The topological polar surface area (TPSA) is 57.6 Å². The maximum absolute atomic E-state index is 12.6. The van der Waals surface area contributed by atoms with Gasteiger partial charge in [0, 0.05) is 6.54 Å². The smallest absolute Gasteiger partial charge is 0.234 e. The van der Waals surface area contributed by atoms with Gasteiger partial charge in [0.15, 0.2) is 0 Å². The summed E-state index contributed by atoms with van der Waals surface area (Å²) in [7, 11) is -3.35. The van der Waals surface area contributed by atoms with Crippen molar-refractivity contribution in [1.82, 2.24) is 0 Å². The monoisotopic (exact) mass is 401 g/mol. The van der Waals surface area contributed by atoms with Crippen LogP contribution in [0, 0.1) is 5.92 Å². The highest BCUT2D eigenvalue weighted by atomic mass is 32.2. The summed E-state index contributed by atoms with van der Waals surface area (Å²) in [6.45, 7) is 2.13. The zero-order chi connectivity index (χ0) is 20.0. The summed E-state index contributed by atoms with van der Waals surface area (Å²) in [4.78, 5) is 0. The molecule has 2 aromatic rings. The number of anilines is 1. The van der Waals surface area contributed by atoms with Crippen molar-refractivity contribution in [2.24, 2.45) is 5.92 Å². The molecule has 1 N–H and O–H groups in total. The lowest BCUT2D eigenvalue weighted by Gasteiger charge is -2.25. The Labute approximate surface area is 169 Å². The fraction of sp³-hybridized carbons (Fsp3) is 0.478. The number of sulfonamides is 1. The highest BCUT2D eigenvalue weighted by molar-refractivity contribution is 7.92. The minimum absolute atomic E-state index is 0.0742. The Hall–Kier alpha value is -1.85. The molecule has 0 radical (unpaired) electrons. The molecule has 0 heterocycles. The standard InChI is InChI=1S/C23H31NO3S/c1-2-28(26,27)24(18-8-11-19-9-4-3-5-10-19)22-16-14-21(15-17-22)23(25)20-12-6-7-13-20/h3-5,9-10,14-17,20,23,25H,2,6-8,11-13,18H2,1H3. The zero-order valence-electron chi connectivity index (χ0n) is 16.6. The van der Waals surface area contributed by atoms with Crippen molar-refractivity contribution in [3.8, 4) is 0 Å². The Balaban J connectivity index is 1.70. The number of aliphatic hydroxyl groups excluding tert-OH is 1. The Morgan fingerprint density at radius 3 is 2.29 bits per heavy atom. The van der Waals surface area contributed by atoms with E-state index in [2.05, 4.69) is 12.1 Å². The molecule has 0 aliphatic heterocycles. The van der Waals surface area contributed by atoms with Crippen LogP contribution in [0.5, 0.6) is 0 Å². The van der Waals surface area contributed by atoms with Crippen LogP contribution in [0.2, 0.25) is 0 Å². The molecule has 152 valence electrons. The van der Waals surface area contributed by atoms with E-state index in [1.165, 1.54) is 22.7 Å². The average molecular weight is 402 g/mol. The third-order valence-corrected chi connectivity index (χ3v) is 7.53. The Morgan fingerprint density at radius 2 is 1.68 bits per heavy atom. The summed E-state index contributed by atoms with van der Waals surface area (Å²) in [5.41, 5.74) is 2.78. The number of aliphatic hydroxyl groups is 1. The van der Waals surface area contributed by atoms with Gasteiger partial charge in [-0.2, -0.15) is 0 Å². The van der Waals surface area contributed by atoms with E-state index in [4.69, 9.17) is 0 Å². The number of hydrogen-bond acceptors (Lipinski definition) is 3. The lowest BCUT2D eigenvalue weighted by atomic mass is 9.94. The first-order chi connectivity index (χ1) is 13.5. The van der Waals surface area contributed by atoms with Crippen molar-refractivity contribution in [2.75, 3.05) is 16.6 Å². The lowest BCUT2D eigenvalue weighted by molar-refractivity contribution is 0.111. The fourth-order valence-electron chi connectivity index (χ4n) is 4.04. The van der Waals surface area contributed by atoms with Crippen LogP contribution in [0.3, 0.4) is 0 Å². The second-order valence-corrected chi connectivity index (χ2v) is 9.82. The highest BCUT2D eigenvalue weighted by Gasteiger charge is 2.25. The van der Waals surface area contributed by atoms with Crippen LogP contribution < -0.4 is 4.31 Å². The quantitative estimate of drug-likeness (QED) is 0.663. The molecule has 1 aliphatic rings. The van der Waals surface area contributed by atoms with E-state index in [0.29, 0.717) is 18.2 Å². The molecule has 0 aromatic heterocycles. The second-order valence-electron chi connectivity index (χ2n) is 7.64. The molecule has 1 fully saturated rings. The van der Waals surface area contributed by atoms with Gasteiger partial charge in [-0.15, -0.1) is 0 Å². The van der Waals surface area contributed by atoms with Crippen LogP contribution in [0.4, 0.5) is 5.69 Å². The van der Waals surface area contributed by atoms with Gasteiger partial charge >= 0.3 is 0 Å². The molecule has 2 aromatic carbocycles. The first kappa shape index (κ1) is 20.9. The predicted octanol–water partition coefficient (Wildman–Crippen LogP) is 4.70. The number of rotatable bonds is 9. The Kier molecular flexibility index (Phi) is 7.13. The van der Waals surface area contributed by atoms with Crippen molar-refractivity contribution in [1.29, 1.82) is 0 Å². The predicted molar refractivity (Wildman–Crippen MR) is 115 cm³/mol. The maximum atomic E-state index is 12.6. The average Bonchev–Trinajstić information content (AvgIpc) is 3.26. The first-order valence-electron chi connectivity index (χ1n) is 10.3. The summed E-state index contributed by atoms with van der Waals surface area (Å²) in [5, 5.41) is 10.6. The molecule has 3 rings (SSSR count). The largest absolute Gasteiger partial charge is 0.388 e. The first-order valence-corrected chi connectivity index (χ1v) is 11.9. The molecule has 1 unspecified atom stereocenters. The van der Waals surface area contributed by atoms with Crippen molar-refractivity contribution in [3.05, 3.63) is 65.7 Å². The Bertz CT molecular complexity index is 828. The molecule has 4 nitrogen and oxygen atoms in total. The number of nitrogens with zero attached hydrogens (tertiary/aromatic N) is 1. The van der Waals surface area contributed by atoms with E-state index >= 15 is 0 Å². The molecule has 1 atom stereocenters. The summed E-state index contributed by atoms with van der Waals surface area (Å²) < 4.78 is 26.8. The SMILES string of the molecule is CCS(=O)(=O)N(CCCc1ccccc1)c1ccc(C(O)C2CCCC2)cc1. The molecule has 0 spiro atoms. The molecule has 28 heavy (non-hydrogen) atoms. The van der Waals surface area contributed by atoms with Crippen LogP contribution in [-0.4, -0.2) is 25.8 Å². The molecule has 0 bridgehead atoms. The van der Waals surface area contributed by atoms with Crippen LogP contribution in [0.15, 0.2) is 54.6 Å². The van der Waals surface area contributed by atoms with E-state index in [1.54, 1.807) is 6.92 Å². The van der Waals surface area contributed by atoms with Gasteiger partial charge in [0.05, 0.1) is 17.5 Å². The second kappa shape index (κ2) is 9.57. The molecule has 1 saturated carbocycles. The van der Waals surface area contributed by atoms with Crippen molar-refractivity contribution in [3.63, 3.8) is 0 Å². The number of aryl methyl sites for hydroxylation is 1.